The van der Waals surface area contributed by atoms with Crippen molar-refractivity contribution < 1.29 is 14.3 Å². The lowest BCUT2D eigenvalue weighted by molar-refractivity contribution is -0.125. The number of piperidine rings is 1. The molecule has 158 valence electrons. The normalized spacial score (nSPS) is 16.5. The molecule has 2 N–H and O–H groups in total. The number of nitrogens with zero attached hydrogens (tertiary/aromatic N) is 2. The zero-order chi connectivity index (χ0) is 20.9. The third-order valence-corrected chi connectivity index (χ3v) is 5.46. The Morgan fingerprint density at radius 2 is 2.13 bits per heavy atom. The van der Waals surface area contributed by atoms with Crippen LogP contribution in [0.1, 0.15) is 25.3 Å². The van der Waals surface area contributed by atoms with E-state index in [1.807, 2.05) is 49.4 Å². The molecule has 0 saturated carbocycles. The average Bonchev–Trinajstić information content (AvgIpc) is 3.22. The first-order valence-corrected chi connectivity index (χ1v) is 10.4. The summed E-state index contributed by atoms with van der Waals surface area (Å²) in [5.74, 6) is 2.24. The van der Waals surface area contributed by atoms with Gasteiger partial charge in [0.1, 0.15) is 0 Å². The van der Waals surface area contributed by atoms with Crippen LogP contribution in [0.15, 0.2) is 42.5 Å². The standard InChI is InChI=1S/C23H28N4O3/c1-3-30-21-13-16(10-11-20(21)29-2)14-24-22(28)17-7-6-12-27(15-17)23-25-18-8-4-5-9-19(18)26-23/h4-5,8-11,13,17H,3,6-7,12,14-15H2,1-2H3,(H,24,28)(H,25,26). The number of benzene rings is 2. The highest BCUT2D eigenvalue weighted by atomic mass is 16.5. The molecule has 7 nitrogen and oxygen atoms in total. The fourth-order valence-electron chi connectivity index (χ4n) is 3.91. The molecule has 0 bridgehead atoms. The van der Waals surface area contributed by atoms with E-state index >= 15 is 0 Å². The van der Waals surface area contributed by atoms with Crippen molar-refractivity contribution in [3.05, 3.63) is 48.0 Å². The molecule has 1 fully saturated rings. The van der Waals surface area contributed by atoms with Crippen molar-refractivity contribution >= 4 is 22.9 Å². The van der Waals surface area contributed by atoms with Gasteiger partial charge in [-0.2, -0.15) is 0 Å². The lowest BCUT2D eigenvalue weighted by atomic mass is 9.97. The fourth-order valence-corrected chi connectivity index (χ4v) is 3.91. The van der Waals surface area contributed by atoms with Crippen molar-refractivity contribution in [3.8, 4) is 11.5 Å². The maximum Gasteiger partial charge on any atom is 0.225 e. The molecule has 0 radical (unpaired) electrons. The third kappa shape index (κ3) is 4.35. The second-order valence-corrected chi connectivity index (χ2v) is 7.50. The molecule has 1 unspecified atom stereocenters. The van der Waals surface area contributed by atoms with Gasteiger partial charge in [0.2, 0.25) is 11.9 Å². The van der Waals surface area contributed by atoms with Crippen molar-refractivity contribution in [2.75, 3.05) is 31.7 Å². The van der Waals surface area contributed by atoms with Crippen molar-refractivity contribution in [1.29, 1.82) is 0 Å². The van der Waals surface area contributed by atoms with E-state index in [9.17, 15) is 4.79 Å². The molecule has 1 atom stereocenters. The number of hydrogen-bond donors (Lipinski definition) is 2. The first-order chi connectivity index (χ1) is 14.7. The van der Waals surface area contributed by atoms with Crippen LogP contribution in [-0.2, 0) is 11.3 Å². The lowest BCUT2D eigenvalue weighted by Gasteiger charge is -2.31. The number of para-hydroxylation sites is 2. The monoisotopic (exact) mass is 408 g/mol. The number of hydrogen-bond acceptors (Lipinski definition) is 5. The van der Waals surface area contributed by atoms with E-state index in [2.05, 4.69) is 20.2 Å². The number of nitrogens with one attached hydrogen (secondary N) is 2. The van der Waals surface area contributed by atoms with Crippen LogP contribution in [0.2, 0.25) is 0 Å². The number of amides is 1. The van der Waals surface area contributed by atoms with Crippen LogP contribution in [0.25, 0.3) is 11.0 Å². The Labute approximate surface area is 176 Å². The first-order valence-electron chi connectivity index (χ1n) is 10.4. The van der Waals surface area contributed by atoms with Gasteiger partial charge >= 0.3 is 0 Å². The summed E-state index contributed by atoms with van der Waals surface area (Å²) in [6.45, 7) is 4.53. The minimum Gasteiger partial charge on any atom is -0.493 e. The van der Waals surface area contributed by atoms with Gasteiger partial charge in [0, 0.05) is 19.6 Å². The molecule has 1 aromatic heterocycles. The van der Waals surface area contributed by atoms with Gasteiger partial charge in [-0.05, 0) is 49.6 Å². The largest absolute Gasteiger partial charge is 0.493 e. The summed E-state index contributed by atoms with van der Waals surface area (Å²) in [7, 11) is 1.62. The summed E-state index contributed by atoms with van der Waals surface area (Å²) >= 11 is 0. The van der Waals surface area contributed by atoms with Crippen LogP contribution in [0, 0.1) is 5.92 Å². The Balaban J connectivity index is 1.38. The van der Waals surface area contributed by atoms with E-state index in [0.29, 0.717) is 31.2 Å². The summed E-state index contributed by atoms with van der Waals surface area (Å²) < 4.78 is 10.9. The minimum absolute atomic E-state index is 0.0587. The van der Waals surface area contributed by atoms with Crippen LogP contribution < -0.4 is 19.7 Å². The van der Waals surface area contributed by atoms with E-state index in [0.717, 1.165) is 41.9 Å². The van der Waals surface area contributed by atoms with Gasteiger partial charge in [-0.3, -0.25) is 4.79 Å². The maximum absolute atomic E-state index is 12.8. The highest BCUT2D eigenvalue weighted by Crippen LogP contribution is 2.28. The van der Waals surface area contributed by atoms with Crippen molar-refractivity contribution in [3.63, 3.8) is 0 Å². The molecule has 0 spiro atoms. The fraction of sp³-hybridized carbons (Fsp3) is 0.391. The third-order valence-electron chi connectivity index (χ3n) is 5.46. The summed E-state index contributed by atoms with van der Waals surface area (Å²) in [5, 5.41) is 3.08. The molecule has 4 rings (SSSR count). The van der Waals surface area contributed by atoms with Crippen molar-refractivity contribution in [1.82, 2.24) is 15.3 Å². The van der Waals surface area contributed by atoms with E-state index in [1.54, 1.807) is 7.11 Å². The summed E-state index contributed by atoms with van der Waals surface area (Å²) in [6.07, 6.45) is 1.85. The van der Waals surface area contributed by atoms with Gasteiger partial charge in [-0.25, -0.2) is 4.98 Å². The van der Waals surface area contributed by atoms with Gasteiger partial charge in [-0.15, -0.1) is 0 Å². The maximum atomic E-state index is 12.8. The van der Waals surface area contributed by atoms with E-state index in [1.165, 1.54) is 0 Å². The molecule has 2 heterocycles. The average molecular weight is 409 g/mol. The molecular weight excluding hydrogens is 380 g/mol. The second kappa shape index (κ2) is 9.07. The number of imidazole rings is 1. The minimum atomic E-state index is -0.0587. The predicted octanol–water partition coefficient (Wildman–Crippen LogP) is 3.50. The number of carbonyl (C=O) groups excluding carboxylic acids is 1. The molecule has 1 aliphatic heterocycles. The second-order valence-electron chi connectivity index (χ2n) is 7.50. The molecule has 3 aromatic rings. The van der Waals surface area contributed by atoms with E-state index in [-0.39, 0.29) is 11.8 Å². The first kappa shape index (κ1) is 20.1. The van der Waals surface area contributed by atoms with Crippen LogP contribution in [0.4, 0.5) is 5.95 Å². The smallest absolute Gasteiger partial charge is 0.225 e. The summed E-state index contributed by atoms with van der Waals surface area (Å²) in [4.78, 5) is 23.1. The number of fused-ring (bicyclic) bond motifs is 1. The SMILES string of the molecule is CCOc1cc(CNC(=O)C2CCCN(c3nc4ccccc4[nH]3)C2)ccc1OC. The number of carbonyl (C=O) groups is 1. The Hall–Kier alpha value is -3.22. The molecule has 7 heteroatoms. The number of aromatic nitrogens is 2. The van der Waals surface area contributed by atoms with Crippen LogP contribution in [0.5, 0.6) is 11.5 Å². The Bertz CT molecular complexity index is 984. The molecule has 0 aliphatic carbocycles. The van der Waals surface area contributed by atoms with Crippen molar-refractivity contribution in [2.24, 2.45) is 5.92 Å². The number of rotatable bonds is 7. The zero-order valence-corrected chi connectivity index (χ0v) is 17.5. The zero-order valence-electron chi connectivity index (χ0n) is 17.5. The van der Waals surface area contributed by atoms with Gasteiger partial charge in [0.15, 0.2) is 11.5 Å². The molecule has 1 aliphatic rings. The Morgan fingerprint density at radius 3 is 2.93 bits per heavy atom. The lowest BCUT2D eigenvalue weighted by Crippen LogP contribution is -2.43. The highest BCUT2D eigenvalue weighted by molar-refractivity contribution is 5.80. The molecule has 2 aromatic carbocycles. The van der Waals surface area contributed by atoms with Crippen LogP contribution in [-0.4, -0.2) is 42.7 Å². The number of methoxy groups -OCH3 is 1. The van der Waals surface area contributed by atoms with Gasteiger partial charge in [0.25, 0.3) is 0 Å². The Kier molecular flexibility index (Phi) is 6.07. The van der Waals surface area contributed by atoms with Gasteiger partial charge in [0.05, 0.1) is 30.7 Å². The van der Waals surface area contributed by atoms with Gasteiger partial charge < -0.3 is 24.7 Å². The quantitative estimate of drug-likeness (QED) is 0.626. The summed E-state index contributed by atoms with van der Waals surface area (Å²) in [5.41, 5.74) is 2.95. The van der Waals surface area contributed by atoms with E-state index < -0.39 is 0 Å². The number of aromatic amines is 1. The van der Waals surface area contributed by atoms with Crippen LogP contribution >= 0.6 is 0 Å². The number of H-pyrrole nitrogens is 1. The molecule has 30 heavy (non-hydrogen) atoms. The van der Waals surface area contributed by atoms with E-state index in [4.69, 9.17) is 9.47 Å². The highest BCUT2D eigenvalue weighted by Gasteiger charge is 2.27. The molecular formula is C23H28N4O3. The Morgan fingerprint density at radius 1 is 1.27 bits per heavy atom. The topological polar surface area (TPSA) is 79.5 Å². The number of ether oxygens (including phenoxy) is 2. The van der Waals surface area contributed by atoms with Crippen LogP contribution in [0.3, 0.4) is 0 Å². The molecule has 1 amide bonds. The molecule has 1 saturated heterocycles. The predicted molar refractivity (Wildman–Crippen MR) is 117 cm³/mol. The summed E-state index contributed by atoms with van der Waals surface area (Å²) in [6, 6.07) is 13.7. The van der Waals surface area contributed by atoms with Crippen molar-refractivity contribution in [2.45, 2.75) is 26.3 Å². The number of anilines is 1. The van der Waals surface area contributed by atoms with Gasteiger partial charge in [-0.1, -0.05) is 18.2 Å².